The lowest BCUT2D eigenvalue weighted by Crippen LogP contribution is -2.46. The highest BCUT2D eigenvalue weighted by Gasteiger charge is 2.37. The Kier molecular flexibility index (Phi) is 8.60. The fourth-order valence-corrected chi connectivity index (χ4v) is 2.41. The van der Waals surface area contributed by atoms with Crippen LogP contribution in [-0.4, -0.2) is 36.7 Å². The second-order valence-corrected chi connectivity index (χ2v) is 5.45. The van der Waals surface area contributed by atoms with Gasteiger partial charge in [-0.2, -0.15) is 0 Å². The maximum atomic E-state index is 12.2. The van der Waals surface area contributed by atoms with Gasteiger partial charge in [-0.15, -0.1) is 0 Å². The molecule has 1 aromatic carbocycles. The molecule has 0 aliphatic carbocycles. The second kappa shape index (κ2) is 10.5. The molecule has 0 spiro atoms. The molecule has 0 amide bonds. The Labute approximate surface area is 142 Å². The molecular formula is C17H26N2O5. The first kappa shape index (κ1) is 19.7. The van der Waals surface area contributed by atoms with Gasteiger partial charge in [0.05, 0.1) is 13.7 Å². The van der Waals surface area contributed by atoms with Gasteiger partial charge < -0.3 is 14.8 Å². The Morgan fingerprint density at radius 2 is 1.92 bits per heavy atom. The number of unbranched alkanes of at least 4 members (excludes halogenated alkanes) is 2. The van der Waals surface area contributed by atoms with Crippen LogP contribution < -0.4 is 10.1 Å². The molecule has 1 rings (SSSR count). The number of nitro groups is 1. The topological polar surface area (TPSA) is 90.7 Å². The molecular weight excluding hydrogens is 312 g/mol. The average Bonchev–Trinajstić information content (AvgIpc) is 2.57. The summed E-state index contributed by atoms with van der Waals surface area (Å²) < 4.78 is 10.1. The van der Waals surface area contributed by atoms with Gasteiger partial charge in [-0.3, -0.25) is 10.1 Å². The summed E-state index contributed by atoms with van der Waals surface area (Å²) in [6.07, 6.45) is 2.87. The van der Waals surface area contributed by atoms with Crippen LogP contribution in [-0.2, 0) is 9.53 Å². The van der Waals surface area contributed by atoms with Crippen LogP contribution in [0.5, 0.6) is 5.75 Å². The molecule has 134 valence electrons. The number of nitrogens with zero attached hydrogens (tertiary/aromatic N) is 1. The van der Waals surface area contributed by atoms with E-state index < -0.39 is 23.0 Å². The van der Waals surface area contributed by atoms with Crippen molar-refractivity contribution in [3.8, 4) is 5.75 Å². The summed E-state index contributed by atoms with van der Waals surface area (Å²) in [7, 11) is 1.56. The van der Waals surface area contributed by atoms with Gasteiger partial charge in [0.1, 0.15) is 5.75 Å². The van der Waals surface area contributed by atoms with Crippen molar-refractivity contribution in [2.45, 2.75) is 51.6 Å². The van der Waals surface area contributed by atoms with E-state index in [0.717, 1.165) is 12.8 Å². The Morgan fingerprint density at radius 1 is 1.25 bits per heavy atom. The number of carbonyl (C=O) groups excluding carboxylic acids is 1. The van der Waals surface area contributed by atoms with Crippen molar-refractivity contribution < 1.29 is 19.2 Å². The van der Waals surface area contributed by atoms with Crippen LogP contribution in [0.4, 0.5) is 5.69 Å². The van der Waals surface area contributed by atoms with Crippen LogP contribution in [0.1, 0.15) is 39.5 Å². The minimum atomic E-state index is -1.03. The van der Waals surface area contributed by atoms with Crippen LogP contribution in [0.2, 0.25) is 0 Å². The van der Waals surface area contributed by atoms with E-state index in [9.17, 15) is 14.9 Å². The first-order valence-corrected chi connectivity index (χ1v) is 8.24. The summed E-state index contributed by atoms with van der Waals surface area (Å²) in [5.41, 5.74) is 0.608. The standard InChI is InChI=1S/C17H26N2O5/c1-4-6-7-8-15(19(21)22)16(17(20)24-5-2)18-13-9-11-14(23-3)12-10-13/h9-12,15-16,18H,4-8H2,1-3H3/t15-,16+/m0/s1. The molecule has 24 heavy (non-hydrogen) atoms. The van der Waals surface area contributed by atoms with E-state index in [4.69, 9.17) is 9.47 Å². The number of esters is 1. The van der Waals surface area contributed by atoms with Gasteiger partial charge in [0.2, 0.25) is 6.04 Å². The number of hydrogen-bond acceptors (Lipinski definition) is 6. The van der Waals surface area contributed by atoms with Gasteiger partial charge in [-0.1, -0.05) is 19.8 Å². The molecule has 0 heterocycles. The molecule has 7 heteroatoms. The third-order valence-corrected chi connectivity index (χ3v) is 3.71. The van der Waals surface area contributed by atoms with Crippen LogP contribution >= 0.6 is 0 Å². The van der Waals surface area contributed by atoms with E-state index >= 15 is 0 Å². The molecule has 1 N–H and O–H groups in total. The molecule has 2 atom stereocenters. The van der Waals surface area contributed by atoms with Gasteiger partial charge in [0.15, 0.2) is 6.04 Å². The Morgan fingerprint density at radius 3 is 2.42 bits per heavy atom. The monoisotopic (exact) mass is 338 g/mol. The molecule has 7 nitrogen and oxygen atoms in total. The molecule has 1 aromatic rings. The number of methoxy groups -OCH3 is 1. The molecule has 0 aliphatic heterocycles. The van der Waals surface area contributed by atoms with Crippen LogP contribution in [0, 0.1) is 10.1 Å². The third-order valence-electron chi connectivity index (χ3n) is 3.71. The number of anilines is 1. The molecule has 0 fully saturated rings. The Hall–Kier alpha value is -2.31. The van der Waals surface area contributed by atoms with Gasteiger partial charge in [0, 0.05) is 17.0 Å². The molecule has 0 aromatic heterocycles. The van der Waals surface area contributed by atoms with Crippen LogP contribution in [0.3, 0.4) is 0 Å². The van der Waals surface area contributed by atoms with Crippen LogP contribution in [0.15, 0.2) is 24.3 Å². The van der Waals surface area contributed by atoms with Gasteiger partial charge in [0.25, 0.3) is 0 Å². The Balaban J connectivity index is 2.94. The number of rotatable bonds is 11. The summed E-state index contributed by atoms with van der Waals surface area (Å²) in [6.45, 7) is 3.89. The summed E-state index contributed by atoms with van der Waals surface area (Å²) in [5.74, 6) is 0.0634. The normalized spacial score (nSPS) is 13.0. The number of carbonyl (C=O) groups is 1. The highest BCUT2D eigenvalue weighted by Crippen LogP contribution is 2.19. The Bertz CT molecular complexity index is 518. The van der Waals surface area contributed by atoms with E-state index in [1.54, 1.807) is 38.3 Å². The van der Waals surface area contributed by atoms with Crippen molar-refractivity contribution >= 4 is 11.7 Å². The zero-order valence-corrected chi connectivity index (χ0v) is 14.5. The lowest BCUT2D eigenvalue weighted by atomic mass is 10.0. The number of ether oxygens (including phenoxy) is 2. The predicted octanol–water partition coefficient (Wildman–Crippen LogP) is 3.26. The summed E-state index contributed by atoms with van der Waals surface area (Å²) in [6, 6.07) is 4.83. The molecule has 0 saturated carbocycles. The lowest BCUT2D eigenvalue weighted by molar-refractivity contribution is -0.524. The van der Waals surface area contributed by atoms with Crippen LogP contribution in [0.25, 0.3) is 0 Å². The first-order valence-electron chi connectivity index (χ1n) is 8.24. The predicted molar refractivity (Wildman–Crippen MR) is 92.0 cm³/mol. The molecule has 0 bridgehead atoms. The molecule has 0 aliphatic rings. The summed E-state index contributed by atoms with van der Waals surface area (Å²) in [5, 5.41) is 14.4. The minimum Gasteiger partial charge on any atom is -0.497 e. The van der Waals surface area contributed by atoms with Crippen molar-refractivity contribution in [3.05, 3.63) is 34.4 Å². The van der Waals surface area contributed by atoms with E-state index in [0.29, 0.717) is 24.3 Å². The van der Waals surface area contributed by atoms with E-state index in [2.05, 4.69) is 5.32 Å². The third kappa shape index (κ3) is 6.06. The van der Waals surface area contributed by atoms with Gasteiger partial charge in [-0.25, -0.2) is 4.79 Å². The minimum absolute atomic E-state index is 0.180. The van der Waals surface area contributed by atoms with Crippen molar-refractivity contribution in [1.29, 1.82) is 0 Å². The van der Waals surface area contributed by atoms with E-state index in [1.807, 2.05) is 6.92 Å². The lowest BCUT2D eigenvalue weighted by Gasteiger charge is -2.21. The average molecular weight is 338 g/mol. The van der Waals surface area contributed by atoms with E-state index in [1.165, 1.54) is 0 Å². The maximum absolute atomic E-state index is 12.2. The van der Waals surface area contributed by atoms with Crippen molar-refractivity contribution in [3.63, 3.8) is 0 Å². The zero-order chi connectivity index (χ0) is 17.9. The fourth-order valence-electron chi connectivity index (χ4n) is 2.41. The van der Waals surface area contributed by atoms with Crippen molar-refractivity contribution in [2.24, 2.45) is 0 Å². The molecule has 0 saturated heterocycles. The highest BCUT2D eigenvalue weighted by molar-refractivity contribution is 5.80. The zero-order valence-electron chi connectivity index (χ0n) is 14.5. The smallest absolute Gasteiger partial charge is 0.335 e. The quantitative estimate of drug-likeness (QED) is 0.288. The fraction of sp³-hybridized carbons (Fsp3) is 0.588. The molecule has 0 radical (unpaired) electrons. The number of nitrogens with one attached hydrogen (secondary N) is 1. The first-order chi connectivity index (χ1) is 11.5. The van der Waals surface area contributed by atoms with Crippen molar-refractivity contribution in [1.82, 2.24) is 0 Å². The maximum Gasteiger partial charge on any atom is 0.335 e. The van der Waals surface area contributed by atoms with Gasteiger partial charge in [-0.05, 0) is 37.6 Å². The summed E-state index contributed by atoms with van der Waals surface area (Å²) >= 11 is 0. The largest absolute Gasteiger partial charge is 0.497 e. The summed E-state index contributed by atoms with van der Waals surface area (Å²) in [4.78, 5) is 23.3. The van der Waals surface area contributed by atoms with Crippen molar-refractivity contribution in [2.75, 3.05) is 19.0 Å². The van der Waals surface area contributed by atoms with Gasteiger partial charge >= 0.3 is 5.97 Å². The van der Waals surface area contributed by atoms with E-state index in [-0.39, 0.29) is 6.61 Å². The number of hydrogen-bond donors (Lipinski definition) is 1. The SMILES string of the molecule is CCCCC[C@@H]([C@@H](Nc1ccc(OC)cc1)C(=O)OCC)[N+](=O)[O-]. The highest BCUT2D eigenvalue weighted by atomic mass is 16.6. The second-order valence-electron chi connectivity index (χ2n) is 5.45. The number of benzene rings is 1. The molecule has 0 unspecified atom stereocenters.